The Kier molecular flexibility index (Phi) is 12.4. The number of hydrogen-bond acceptors (Lipinski definition) is 8. The molecule has 0 bridgehead atoms. The fourth-order valence-corrected chi connectivity index (χ4v) is 4.45. The summed E-state index contributed by atoms with van der Waals surface area (Å²) >= 11 is 0. The van der Waals surface area contributed by atoms with Crippen LogP contribution in [0.4, 0.5) is 24.7 Å². The van der Waals surface area contributed by atoms with Crippen molar-refractivity contribution in [3.8, 4) is 11.5 Å². The highest BCUT2D eigenvalue weighted by molar-refractivity contribution is 5.94. The number of carboxylic acid groups (broad SMARTS) is 2. The third-order valence-corrected chi connectivity index (χ3v) is 6.47. The van der Waals surface area contributed by atoms with Crippen LogP contribution in [0.5, 0.6) is 11.5 Å². The molecular formula is C33H35F3N4O7. The number of anilines is 2. The number of pyridine rings is 1. The van der Waals surface area contributed by atoms with Gasteiger partial charge in [-0.05, 0) is 73.7 Å². The van der Waals surface area contributed by atoms with E-state index in [1.54, 1.807) is 36.5 Å². The lowest BCUT2D eigenvalue weighted by molar-refractivity contribution is -0.192. The normalized spacial score (nSPS) is 12.3. The van der Waals surface area contributed by atoms with Gasteiger partial charge in [0.1, 0.15) is 11.9 Å². The molecule has 47 heavy (non-hydrogen) atoms. The van der Waals surface area contributed by atoms with E-state index in [1.165, 1.54) is 0 Å². The maximum Gasteiger partial charge on any atom is 0.490 e. The third kappa shape index (κ3) is 10.5. The highest BCUT2D eigenvalue weighted by Gasteiger charge is 2.38. The first-order valence-electron chi connectivity index (χ1n) is 14.4. The van der Waals surface area contributed by atoms with Gasteiger partial charge in [-0.15, -0.1) is 0 Å². The number of carbonyl (C=O) groups excluding carboxylic acids is 1. The summed E-state index contributed by atoms with van der Waals surface area (Å²) < 4.78 is 43.5. The van der Waals surface area contributed by atoms with Gasteiger partial charge in [-0.25, -0.2) is 9.78 Å². The van der Waals surface area contributed by atoms with Gasteiger partial charge in [0.25, 0.3) is 0 Å². The molecular weight excluding hydrogens is 621 g/mol. The molecule has 0 aliphatic rings. The standard InChI is InChI=1S/C31H34N4O5.C2HF3O2/c1-4-39-27-17-22(10-13-26(27)40-19(2)3)29(34-23-11-12-24-21(16-23)14-15-33-30(24)32)31(38)35-25(18-28(36)37)20-8-6-5-7-9-20;3-2(4,5)1(6)7/h5-17,19,25,29,34H,4,18H2,1-3H3,(H2,32,33)(H,35,38)(H,36,37);(H,6,7). The van der Waals surface area contributed by atoms with Crippen LogP contribution in [0.2, 0.25) is 0 Å². The monoisotopic (exact) mass is 656 g/mol. The quantitative estimate of drug-likeness (QED) is 0.120. The van der Waals surface area contributed by atoms with E-state index >= 15 is 0 Å². The second-order valence-corrected chi connectivity index (χ2v) is 10.4. The predicted octanol–water partition coefficient (Wildman–Crippen LogP) is 6.12. The molecule has 0 aliphatic carbocycles. The molecule has 2 unspecified atom stereocenters. The van der Waals surface area contributed by atoms with E-state index in [2.05, 4.69) is 15.6 Å². The van der Waals surface area contributed by atoms with E-state index in [-0.39, 0.29) is 12.5 Å². The van der Waals surface area contributed by atoms with Crippen LogP contribution < -0.4 is 25.8 Å². The smallest absolute Gasteiger partial charge is 0.490 e. The molecule has 1 amide bonds. The molecule has 0 fully saturated rings. The molecule has 0 saturated carbocycles. The number of nitrogens with one attached hydrogen (secondary N) is 2. The van der Waals surface area contributed by atoms with Crippen molar-refractivity contribution in [2.75, 3.05) is 17.7 Å². The Bertz CT molecular complexity index is 1680. The molecule has 14 heteroatoms. The van der Waals surface area contributed by atoms with Crippen molar-refractivity contribution in [3.63, 3.8) is 0 Å². The summed E-state index contributed by atoms with van der Waals surface area (Å²) in [6, 6.07) is 20.2. The fraction of sp³-hybridized carbons (Fsp3) is 0.273. The third-order valence-electron chi connectivity index (χ3n) is 6.47. The molecule has 6 N–H and O–H groups in total. The average Bonchev–Trinajstić information content (AvgIpc) is 3.00. The van der Waals surface area contributed by atoms with Gasteiger partial charge in [-0.1, -0.05) is 36.4 Å². The first-order valence-corrected chi connectivity index (χ1v) is 14.4. The number of nitrogens with zero attached hydrogens (tertiary/aromatic N) is 1. The number of carbonyl (C=O) groups is 3. The SMILES string of the molecule is CCOc1cc(C(Nc2ccc3c(N)nccc3c2)C(=O)NC(CC(=O)O)c2ccccc2)ccc1OC(C)C.O=C(O)C(F)(F)F. The zero-order chi connectivity index (χ0) is 34.7. The Hall–Kier alpha value is -5.53. The van der Waals surface area contributed by atoms with Crippen molar-refractivity contribution in [2.45, 2.75) is 51.6 Å². The number of nitrogen functional groups attached to an aromatic ring is 1. The lowest BCUT2D eigenvalue weighted by Crippen LogP contribution is -2.37. The van der Waals surface area contributed by atoms with Gasteiger partial charge in [0, 0.05) is 17.3 Å². The molecule has 4 rings (SSSR count). The topological polar surface area (TPSA) is 173 Å². The molecule has 1 heterocycles. The molecule has 0 radical (unpaired) electrons. The lowest BCUT2D eigenvalue weighted by Gasteiger charge is -2.25. The second kappa shape index (κ2) is 16.2. The van der Waals surface area contributed by atoms with Crippen molar-refractivity contribution in [3.05, 3.63) is 90.1 Å². The summed E-state index contributed by atoms with van der Waals surface area (Å²) in [6.07, 6.45) is -3.79. The Morgan fingerprint density at radius 3 is 2.21 bits per heavy atom. The van der Waals surface area contributed by atoms with Crippen molar-refractivity contribution < 1.29 is 47.2 Å². The van der Waals surface area contributed by atoms with Gasteiger partial charge in [0.2, 0.25) is 5.91 Å². The number of carboxylic acids is 2. The minimum Gasteiger partial charge on any atom is -0.490 e. The number of nitrogens with two attached hydrogens (primary N) is 1. The minimum atomic E-state index is -5.08. The van der Waals surface area contributed by atoms with Crippen LogP contribution in [-0.2, 0) is 14.4 Å². The molecule has 1 aromatic heterocycles. The van der Waals surface area contributed by atoms with E-state index in [0.717, 1.165) is 10.8 Å². The number of fused-ring (bicyclic) bond motifs is 1. The van der Waals surface area contributed by atoms with Crippen LogP contribution >= 0.6 is 0 Å². The number of amides is 1. The summed E-state index contributed by atoms with van der Waals surface area (Å²) in [6.45, 7) is 6.14. The van der Waals surface area contributed by atoms with Crippen LogP contribution in [0.3, 0.4) is 0 Å². The Balaban J connectivity index is 0.000000771. The van der Waals surface area contributed by atoms with Crippen LogP contribution in [0.1, 0.15) is 50.4 Å². The van der Waals surface area contributed by atoms with Gasteiger partial charge >= 0.3 is 18.1 Å². The van der Waals surface area contributed by atoms with Crippen LogP contribution in [-0.4, -0.2) is 51.9 Å². The first kappa shape index (κ1) is 35.9. The summed E-state index contributed by atoms with van der Waals surface area (Å²) in [7, 11) is 0. The molecule has 4 aromatic rings. The van der Waals surface area contributed by atoms with Gasteiger partial charge < -0.3 is 36.1 Å². The Morgan fingerprint density at radius 2 is 1.62 bits per heavy atom. The largest absolute Gasteiger partial charge is 0.490 e. The number of hydrogen-bond donors (Lipinski definition) is 5. The summed E-state index contributed by atoms with van der Waals surface area (Å²) in [5.41, 5.74) is 8.01. The number of ether oxygens (including phenoxy) is 2. The summed E-state index contributed by atoms with van der Waals surface area (Å²) in [5.74, 6) is -2.68. The van der Waals surface area contributed by atoms with E-state index in [1.807, 2.05) is 63.2 Å². The second-order valence-electron chi connectivity index (χ2n) is 10.4. The zero-order valence-electron chi connectivity index (χ0n) is 25.7. The average molecular weight is 657 g/mol. The van der Waals surface area contributed by atoms with Crippen molar-refractivity contribution in [1.29, 1.82) is 0 Å². The van der Waals surface area contributed by atoms with E-state index < -0.39 is 36.1 Å². The molecule has 3 aromatic carbocycles. The number of rotatable bonds is 12. The van der Waals surface area contributed by atoms with Gasteiger partial charge in [-0.2, -0.15) is 13.2 Å². The zero-order valence-corrected chi connectivity index (χ0v) is 25.7. The minimum absolute atomic E-state index is 0.0653. The van der Waals surface area contributed by atoms with Crippen molar-refractivity contribution in [2.24, 2.45) is 0 Å². The number of aliphatic carboxylic acids is 2. The lowest BCUT2D eigenvalue weighted by atomic mass is 10.0. The van der Waals surface area contributed by atoms with Crippen molar-refractivity contribution >= 4 is 40.1 Å². The van der Waals surface area contributed by atoms with E-state index in [0.29, 0.717) is 40.7 Å². The van der Waals surface area contributed by atoms with Gasteiger partial charge in [0.15, 0.2) is 11.5 Å². The molecule has 2 atom stereocenters. The van der Waals surface area contributed by atoms with Gasteiger partial charge in [-0.3, -0.25) is 9.59 Å². The Labute approximate surface area is 268 Å². The van der Waals surface area contributed by atoms with Crippen molar-refractivity contribution in [1.82, 2.24) is 10.3 Å². The van der Waals surface area contributed by atoms with Crippen LogP contribution in [0.25, 0.3) is 10.8 Å². The number of alkyl halides is 3. The molecule has 0 saturated heterocycles. The summed E-state index contributed by atoms with van der Waals surface area (Å²) in [5, 5.41) is 24.6. The number of benzene rings is 3. The highest BCUT2D eigenvalue weighted by atomic mass is 19.4. The van der Waals surface area contributed by atoms with Crippen LogP contribution in [0.15, 0.2) is 79.0 Å². The van der Waals surface area contributed by atoms with E-state index in [9.17, 15) is 27.9 Å². The van der Waals surface area contributed by atoms with Crippen LogP contribution in [0, 0.1) is 0 Å². The number of aromatic nitrogens is 1. The molecule has 0 spiro atoms. The molecule has 11 nitrogen and oxygen atoms in total. The fourth-order valence-electron chi connectivity index (χ4n) is 4.45. The maximum absolute atomic E-state index is 13.9. The van der Waals surface area contributed by atoms with E-state index in [4.69, 9.17) is 25.1 Å². The predicted molar refractivity (Wildman–Crippen MR) is 169 cm³/mol. The van der Waals surface area contributed by atoms with Gasteiger partial charge in [0.05, 0.1) is 25.2 Å². The maximum atomic E-state index is 13.9. The first-order chi connectivity index (χ1) is 22.2. The summed E-state index contributed by atoms with van der Waals surface area (Å²) in [4.78, 5) is 38.6. The highest BCUT2D eigenvalue weighted by Crippen LogP contribution is 2.34. The Morgan fingerprint density at radius 1 is 0.936 bits per heavy atom. The molecule has 250 valence electrons. The molecule has 0 aliphatic heterocycles. The number of halogens is 3.